The lowest BCUT2D eigenvalue weighted by molar-refractivity contribution is 0.00578. The highest BCUT2D eigenvalue weighted by molar-refractivity contribution is 6.54. The number of rotatable bonds is 3. The van der Waals surface area contributed by atoms with Gasteiger partial charge in [0, 0.05) is 0 Å². The van der Waals surface area contributed by atoms with Gasteiger partial charge in [-0.05, 0) is 51.3 Å². The van der Waals surface area contributed by atoms with Crippen LogP contribution < -0.4 is 0 Å². The highest BCUT2D eigenvalue weighted by Crippen LogP contribution is 2.39. The van der Waals surface area contributed by atoms with Crippen molar-refractivity contribution in [3.8, 4) is 0 Å². The quantitative estimate of drug-likeness (QED) is 0.771. The van der Waals surface area contributed by atoms with Gasteiger partial charge in [0.25, 0.3) is 0 Å². The fourth-order valence-corrected chi connectivity index (χ4v) is 2.03. The summed E-state index contributed by atoms with van der Waals surface area (Å²) in [5.41, 5.74) is 0.615. The highest BCUT2D eigenvalue weighted by atomic mass is 19.1. The number of hydrogen-bond donors (Lipinski definition) is 0. The highest BCUT2D eigenvalue weighted by Gasteiger charge is 2.52. The summed E-state index contributed by atoms with van der Waals surface area (Å²) in [4.78, 5) is 0. The number of aryl methyl sites for hydroxylation is 1. The van der Waals surface area contributed by atoms with Crippen LogP contribution >= 0.6 is 0 Å². The molecule has 1 aliphatic heterocycles. The van der Waals surface area contributed by atoms with Gasteiger partial charge in [0.1, 0.15) is 5.73 Å². The van der Waals surface area contributed by atoms with Crippen molar-refractivity contribution in [2.45, 2.75) is 52.2 Å². The van der Waals surface area contributed by atoms with Crippen molar-refractivity contribution in [1.82, 2.24) is 0 Å². The van der Waals surface area contributed by atoms with Gasteiger partial charge in [0.05, 0.1) is 11.2 Å². The average molecular weight is 276 g/mol. The van der Waals surface area contributed by atoms with E-state index in [9.17, 15) is 4.39 Å². The summed E-state index contributed by atoms with van der Waals surface area (Å²) >= 11 is 0. The van der Waals surface area contributed by atoms with Crippen LogP contribution in [-0.2, 0) is 15.7 Å². The summed E-state index contributed by atoms with van der Waals surface area (Å²) in [6.07, 6.45) is 2.45. The number of hydrogen-bond acceptors (Lipinski definition) is 2. The Labute approximate surface area is 121 Å². The van der Waals surface area contributed by atoms with E-state index < -0.39 is 24.0 Å². The van der Waals surface area contributed by atoms with E-state index in [2.05, 4.69) is 6.92 Å². The van der Waals surface area contributed by atoms with Gasteiger partial charge in [0.15, 0.2) is 0 Å². The zero-order valence-corrected chi connectivity index (χ0v) is 12.9. The molecule has 4 heteroatoms. The van der Waals surface area contributed by atoms with Gasteiger partial charge < -0.3 is 9.31 Å². The van der Waals surface area contributed by atoms with Crippen LogP contribution in [0.15, 0.2) is 30.0 Å². The molecular weight excluding hydrogens is 254 g/mol. The molecule has 1 aromatic rings. The minimum absolute atomic E-state index is 0.395. The average Bonchev–Trinajstić information content (AvgIpc) is 2.59. The molecular formula is C16H22BFO2. The van der Waals surface area contributed by atoms with Gasteiger partial charge in [0.2, 0.25) is 0 Å². The fraction of sp³-hybridized carbons (Fsp3) is 0.500. The van der Waals surface area contributed by atoms with Crippen LogP contribution in [-0.4, -0.2) is 18.3 Å². The van der Waals surface area contributed by atoms with Crippen LogP contribution in [0.25, 0.3) is 6.08 Å². The first-order chi connectivity index (χ1) is 9.25. The molecule has 0 atom stereocenters. The van der Waals surface area contributed by atoms with Gasteiger partial charge in [-0.15, -0.1) is 0 Å². The first-order valence-corrected chi connectivity index (χ1v) is 7.07. The molecule has 1 heterocycles. The molecule has 0 aliphatic carbocycles. The van der Waals surface area contributed by atoms with Gasteiger partial charge in [-0.25, -0.2) is 4.39 Å². The van der Waals surface area contributed by atoms with Crippen molar-refractivity contribution in [3.05, 3.63) is 41.1 Å². The maximum atomic E-state index is 14.3. The predicted octanol–water partition coefficient (Wildman–Crippen LogP) is 4.19. The standard InChI is InChI=1S/C16H22BFO2/c1-6-12-7-9-13(10-8-12)11-14(18)17-19-15(2,3)16(4,5)20-17/h7-11H,6H2,1-5H3. The van der Waals surface area contributed by atoms with Crippen LogP contribution in [0.4, 0.5) is 4.39 Å². The topological polar surface area (TPSA) is 18.5 Å². The van der Waals surface area contributed by atoms with E-state index in [1.54, 1.807) is 0 Å². The summed E-state index contributed by atoms with van der Waals surface area (Å²) < 4.78 is 25.6. The summed E-state index contributed by atoms with van der Waals surface area (Å²) in [6, 6.07) is 7.82. The van der Waals surface area contributed by atoms with Gasteiger partial charge in [-0.1, -0.05) is 31.2 Å². The van der Waals surface area contributed by atoms with E-state index in [0.29, 0.717) is 0 Å². The third-order valence-corrected chi connectivity index (χ3v) is 4.17. The normalized spacial score (nSPS) is 21.3. The minimum Gasteiger partial charge on any atom is -0.398 e. The molecule has 1 aliphatic rings. The second kappa shape index (κ2) is 5.34. The van der Waals surface area contributed by atoms with E-state index in [1.165, 1.54) is 11.6 Å². The molecule has 2 nitrogen and oxygen atoms in total. The van der Waals surface area contributed by atoms with E-state index in [4.69, 9.17) is 9.31 Å². The third kappa shape index (κ3) is 2.96. The second-order valence-electron chi connectivity index (χ2n) is 6.21. The third-order valence-electron chi connectivity index (χ3n) is 4.17. The minimum atomic E-state index is -0.925. The van der Waals surface area contributed by atoms with E-state index in [-0.39, 0.29) is 0 Å². The molecule has 1 fully saturated rings. The smallest absolute Gasteiger partial charge is 0.398 e. The Balaban J connectivity index is 2.15. The van der Waals surface area contributed by atoms with Crippen molar-refractivity contribution in [2.24, 2.45) is 0 Å². The zero-order chi connectivity index (χ0) is 15.0. The Hall–Kier alpha value is -1.13. The van der Waals surface area contributed by atoms with Crippen molar-refractivity contribution in [1.29, 1.82) is 0 Å². The molecule has 0 spiro atoms. The lowest BCUT2D eigenvalue weighted by Crippen LogP contribution is -2.41. The molecule has 0 N–H and O–H groups in total. The van der Waals surface area contributed by atoms with Crippen molar-refractivity contribution in [3.63, 3.8) is 0 Å². The van der Waals surface area contributed by atoms with Crippen LogP contribution in [0, 0.1) is 0 Å². The van der Waals surface area contributed by atoms with Crippen molar-refractivity contribution in [2.75, 3.05) is 0 Å². The Morgan fingerprint density at radius 2 is 1.60 bits per heavy atom. The fourth-order valence-electron chi connectivity index (χ4n) is 2.03. The Morgan fingerprint density at radius 3 is 2.05 bits per heavy atom. The Morgan fingerprint density at radius 1 is 1.10 bits per heavy atom. The first-order valence-electron chi connectivity index (χ1n) is 7.07. The Bertz CT molecular complexity index is 490. The van der Waals surface area contributed by atoms with Crippen LogP contribution in [0.3, 0.4) is 0 Å². The molecule has 1 saturated heterocycles. The molecule has 0 bridgehead atoms. The maximum Gasteiger partial charge on any atom is 0.525 e. The monoisotopic (exact) mass is 276 g/mol. The molecule has 0 amide bonds. The van der Waals surface area contributed by atoms with E-state index >= 15 is 0 Å². The zero-order valence-electron chi connectivity index (χ0n) is 12.9. The van der Waals surface area contributed by atoms with Crippen molar-refractivity contribution >= 4 is 13.2 Å². The first kappa shape index (κ1) is 15.3. The van der Waals surface area contributed by atoms with Gasteiger partial charge >= 0.3 is 7.12 Å². The Kier molecular flexibility index (Phi) is 4.08. The van der Waals surface area contributed by atoms with E-state index in [0.717, 1.165) is 12.0 Å². The maximum absolute atomic E-state index is 14.3. The molecule has 2 rings (SSSR count). The van der Waals surface area contributed by atoms with E-state index in [1.807, 2.05) is 52.0 Å². The molecule has 0 unspecified atom stereocenters. The lowest BCUT2D eigenvalue weighted by atomic mass is 9.87. The predicted molar refractivity (Wildman–Crippen MR) is 81.0 cm³/mol. The summed E-state index contributed by atoms with van der Waals surface area (Å²) in [6.45, 7) is 9.75. The van der Waals surface area contributed by atoms with Crippen LogP contribution in [0.2, 0.25) is 0 Å². The largest absolute Gasteiger partial charge is 0.525 e. The summed E-state index contributed by atoms with van der Waals surface area (Å²) in [5, 5.41) is 0. The lowest BCUT2D eigenvalue weighted by Gasteiger charge is -2.32. The molecule has 0 radical (unpaired) electrons. The summed E-state index contributed by atoms with van der Waals surface area (Å²) in [5.74, 6) is 0. The number of halogens is 1. The SMILES string of the molecule is CCc1ccc(C=C(F)B2OC(C)(C)C(C)(C)O2)cc1. The molecule has 0 aromatic heterocycles. The summed E-state index contributed by atoms with van der Waals surface area (Å²) in [7, 11) is -0.925. The molecule has 1 aromatic carbocycles. The van der Waals surface area contributed by atoms with Crippen LogP contribution in [0.5, 0.6) is 0 Å². The van der Waals surface area contributed by atoms with Crippen molar-refractivity contribution < 1.29 is 13.7 Å². The molecule has 0 saturated carbocycles. The molecule has 20 heavy (non-hydrogen) atoms. The van der Waals surface area contributed by atoms with Crippen LogP contribution in [0.1, 0.15) is 45.7 Å². The second-order valence-corrected chi connectivity index (χ2v) is 6.21. The molecule has 108 valence electrons. The van der Waals surface area contributed by atoms with Gasteiger partial charge in [-0.3, -0.25) is 0 Å². The van der Waals surface area contributed by atoms with Gasteiger partial charge in [-0.2, -0.15) is 0 Å². The number of benzene rings is 1.